The van der Waals surface area contributed by atoms with Crippen LogP contribution in [0.15, 0.2) is 0 Å². The summed E-state index contributed by atoms with van der Waals surface area (Å²) in [6, 6.07) is 0. The summed E-state index contributed by atoms with van der Waals surface area (Å²) in [5.41, 5.74) is 0. The number of amides is 1. The van der Waals surface area contributed by atoms with Gasteiger partial charge < -0.3 is 20.6 Å². The zero-order valence-electron chi connectivity index (χ0n) is 27.1. The number of hydrogen-bond acceptors (Lipinski definition) is 5. The standard InChI is InChI=1S/C30H53NO8.CH4.6H2S/c1-24(29(36)37)17-15-16-22-31-27(33)21-20-25(30(38)39)23-26(32)18-13-11-9-7-5-3-2-4-6-8-10-12-14-19-28(34)35;;;;;;;/h24-25H,2-23H2,1H3,(H,31,33)(H,34,35)(H,36,37)(H,38,39);1H4;6*1H2/t24-,25+;;;;;;;/m0......./s1. The molecule has 0 saturated heterocycles. The van der Waals surface area contributed by atoms with E-state index in [0.29, 0.717) is 32.2 Å². The average Bonchev–Trinajstić information content (AvgIpc) is 2.87. The number of carbonyl (C=O) groups is 5. The SMILES string of the molecule is C.C[C@@H](CCCCNC(=O)CC[C@H](CC(=O)CCCCCCCCCCCCCCCC(=O)O)C(=O)O)C(=O)O.S.S.S.S.S.S. The molecule has 4 N–H and O–H groups in total. The van der Waals surface area contributed by atoms with E-state index >= 15 is 0 Å². The zero-order chi connectivity index (χ0) is 29.3. The van der Waals surface area contributed by atoms with Gasteiger partial charge in [0.25, 0.3) is 0 Å². The van der Waals surface area contributed by atoms with E-state index in [-0.39, 0.29) is 126 Å². The fourth-order valence-corrected chi connectivity index (χ4v) is 4.55. The fourth-order valence-electron chi connectivity index (χ4n) is 4.55. The van der Waals surface area contributed by atoms with Gasteiger partial charge >= 0.3 is 17.9 Å². The van der Waals surface area contributed by atoms with Crippen LogP contribution in [0.1, 0.15) is 149 Å². The Bertz CT molecular complexity index is 735. The second kappa shape index (κ2) is 44.6. The first-order chi connectivity index (χ1) is 18.6. The Balaban J connectivity index is -0.000000344. The Morgan fingerprint density at radius 3 is 1.33 bits per heavy atom. The van der Waals surface area contributed by atoms with Crippen LogP contribution in [0.25, 0.3) is 0 Å². The highest BCUT2D eigenvalue weighted by atomic mass is 32.1. The molecule has 0 rings (SSSR count). The molecular formula is C31H69NO8S6. The molecular weight excluding hydrogens is 707 g/mol. The third kappa shape index (κ3) is 43.6. The highest BCUT2D eigenvalue weighted by Gasteiger charge is 2.22. The van der Waals surface area contributed by atoms with Gasteiger partial charge in [-0.05, 0) is 32.1 Å². The van der Waals surface area contributed by atoms with Crippen molar-refractivity contribution in [1.82, 2.24) is 5.32 Å². The van der Waals surface area contributed by atoms with Crippen molar-refractivity contribution in [2.45, 2.75) is 149 Å². The van der Waals surface area contributed by atoms with E-state index in [9.17, 15) is 29.1 Å². The molecule has 0 unspecified atom stereocenters. The minimum Gasteiger partial charge on any atom is -0.481 e. The molecule has 1 amide bonds. The molecule has 0 aliphatic rings. The van der Waals surface area contributed by atoms with Crippen LogP contribution in [0.2, 0.25) is 0 Å². The number of carboxylic acid groups (broad SMARTS) is 3. The zero-order valence-corrected chi connectivity index (χ0v) is 33.1. The molecule has 0 saturated carbocycles. The van der Waals surface area contributed by atoms with Crippen LogP contribution in [0.4, 0.5) is 0 Å². The first-order valence-corrected chi connectivity index (χ1v) is 15.1. The van der Waals surface area contributed by atoms with Crippen molar-refractivity contribution < 1.29 is 39.3 Å². The molecule has 0 aromatic carbocycles. The molecule has 0 aliphatic heterocycles. The molecule has 2 atom stereocenters. The second-order valence-electron chi connectivity index (χ2n) is 10.9. The fraction of sp³-hybridized carbons (Fsp3) is 0.839. The summed E-state index contributed by atoms with van der Waals surface area (Å²) in [5, 5.41) is 29.6. The number of carbonyl (C=O) groups excluding carboxylic acids is 2. The van der Waals surface area contributed by atoms with Crippen molar-refractivity contribution in [2.75, 3.05) is 6.54 Å². The number of ketones is 1. The summed E-state index contributed by atoms with van der Waals surface area (Å²) in [6.07, 6.45) is 16.9. The van der Waals surface area contributed by atoms with Gasteiger partial charge in [0.2, 0.25) is 5.91 Å². The van der Waals surface area contributed by atoms with E-state index in [1.165, 1.54) is 38.5 Å². The van der Waals surface area contributed by atoms with Crippen LogP contribution < -0.4 is 5.32 Å². The Labute approximate surface area is 321 Å². The number of hydrogen-bond donors (Lipinski definition) is 4. The largest absolute Gasteiger partial charge is 0.481 e. The maximum Gasteiger partial charge on any atom is 0.306 e. The molecule has 0 aromatic rings. The summed E-state index contributed by atoms with van der Waals surface area (Å²) in [5.74, 6) is -4.13. The summed E-state index contributed by atoms with van der Waals surface area (Å²) in [4.78, 5) is 57.0. The van der Waals surface area contributed by atoms with Crippen molar-refractivity contribution in [1.29, 1.82) is 0 Å². The van der Waals surface area contributed by atoms with Gasteiger partial charge in [-0.25, -0.2) is 0 Å². The normalized spacial score (nSPS) is 10.6. The summed E-state index contributed by atoms with van der Waals surface area (Å²) < 4.78 is 0. The molecule has 46 heavy (non-hydrogen) atoms. The summed E-state index contributed by atoms with van der Waals surface area (Å²) in [7, 11) is 0. The summed E-state index contributed by atoms with van der Waals surface area (Å²) >= 11 is 0. The first-order valence-electron chi connectivity index (χ1n) is 15.1. The van der Waals surface area contributed by atoms with Crippen LogP contribution in [0, 0.1) is 11.8 Å². The van der Waals surface area contributed by atoms with Gasteiger partial charge in [-0.15, -0.1) is 0 Å². The van der Waals surface area contributed by atoms with Crippen molar-refractivity contribution in [2.24, 2.45) is 11.8 Å². The Kier molecular flexibility index (Phi) is 62.3. The summed E-state index contributed by atoms with van der Waals surface area (Å²) in [6.45, 7) is 2.08. The number of aliphatic carboxylic acids is 3. The van der Waals surface area contributed by atoms with E-state index in [2.05, 4.69) is 5.32 Å². The van der Waals surface area contributed by atoms with Crippen molar-refractivity contribution in [3.63, 3.8) is 0 Å². The minimum absolute atomic E-state index is 0. The lowest BCUT2D eigenvalue weighted by Gasteiger charge is -2.12. The van der Waals surface area contributed by atoms with Crippen LogP contribution in [-0.2, 0) is 24.0 Å². The van der Waals surface area contributed by atoms with Gasteiger partial charge in [-0.1, -0.05) is 91.4 Å². The van der Waals surface area contributed by atoms with Crippen LogP contribution >= 0.6 is 81.0 Å². The Morgan fingerprint density at radius 2 is 0.935 bits per heavy atom. The van der Waals surface area contributed by atoms with Gasteiger partial charge in [0.05, 0.1) is 11.8 Å². The Hall–Kier alpha value is -0.350. The van der Waals surface area contributed by atoms with Crippen molar-refractivity contribution >= 4 is 111 Å². The topological polar surface area (TPSA) is 158 Å². The van der Waals surface area contributed by atoms with Gasteiger partial charge in [-0.2, -0.15) is 81.0 Å². The minimum atomic E-state index is -1.04. The second-order valence-corrected chi connectivity index (χ2v) is 10.9. The lowest BCUT2D eigenvalue weighted by molar-refractivity contribution is -0.144. The predicted octanol–water partition coefficient (Wildman–Crippen LogP) is 7.68. The monoisotopic (exact) mass is 775 g/mol. The lowest BCUT2D eigenvalue weighted by Crippen LogP contribution is -2.26. The molecule has 0 radical (unpaired) electrons. The molecule has 0 bridgehead atoms. The van der Waals surface area contributed by atoms with Crippen LogP contribution in [0.3, 0.4) is 0 Å². The van der Waals surface area contributed by atoms with E-state index in [0.717, 1.165) is 44.9 Å². The number of Topliss-reactive ketones (excluding diaryl/α,β-unsaturated/α-hetero) is 1. The lowest BCUT2D eigenvalue weighted by atomic mass is 9.94. The van der Waals surface area contributed by atoms with E-state index in [4.69, 9.17) is 10.2 Å². The molecule has 0 heterocycles. The quantitative estimate of drug-likeness (QED) is 0.0590. The highest BCUT2D eigenvalue weighted by molar-refractivity contribution is 7.60. The Morgan fingerprint density at radius 1 is 0.522 bits per heavy atom. The third-order valence-electron chi connectivity index (χ3n) is 7.20. The predicted molar refractivity (Wildman–Crippen MR) is 220 cm³/mol. The number of unbranched alkanes of at least 4 members (excludes halogenated alkanes) is 13. The number of rotatable bonds is 28. The third-order valence-corrected chi connectivity index (χ3v) is 7.20. The molecule has 0 aromatic heterocycles. The van der Waals surface area contributed by atoms with Crippen molar-refractivity contribution in [3.05, 3.63) is 0 Å². The molecule has 282 valence electrons. The van der Waals surface area contributed by atoms with Gasteiger partial charge in [0.1, 0.15) is 5.78 Å². The smallest absolute Gasteiger partial charge is 0.306 e. The molecule has 0 spiro atoms. The van der Waals surface area contributed by atoms with E-state index in [1.54, 1.807) is 6.92 Å². The van der Waals surface area contributed by atoms with Crippen LogP contribution in [0.5, 0.6) is 0 Å². The average molecular weight is 776 g/mol. The van der Waals surface area contributed by atoms with Crippen molar-refractivity contribution in [3.8, 4) is 0 Å². The van der Waals surface area contributed by atoms with Crippen LogP contribution in [-0.4, -0.2) is 51.5 Å². The first kappa shape index (κ1) is 64.2. The number of nitrogens with one attached hydrogen (secondary N) is 1. The molecule has 0 fully saturated rings. The van der Waals surface area contributed by atoms with E-state index < -0.39 is 29.7 Å². The molecule has 15 heteroatoms. The number of carboxylic acids is 3. The highest BCUT2D eigenvalue weighted by Crippen LogP contribution is 2.17. The van der Waals surface area contributed by atoms with Gasteiger partial charge in [-0.3, -0.25) is 24.0 Å². The van der Waals surface area contributed by atoms with Gasteiger partial charge in [0, 0.05) is 32.2 Å². The van der Waals surface area contributed by atoms with E-state index in [1.807, 2.05) is 0 Å². The van der Waals surface area contributed by atoms with Gasteiger partial charge in [0.15, 0.2) is 0 Å². The maximum absolute atomic E-state index is 12.3. The maximum atomic E-state index is 12.3. The molecule has 9 nitrogen and oxygen atoms in total. The molecule has 0 aliphatic carbocycles.